The molecule has 56 valence electrons. The van der Waals surface area contributed by atoms with Gasteiger partial charge in [-0.15, -0.1) is 0 Å². The molecule has 0 bridgehead atoms. The second-order valence-corrected chi connectivity index (χ2v) is 5.28. The van der Waals surface area contributed by atoms with Crippen molar-refractivity contribution in [2.45, 2.75) is 45.7 Å². The van der Waals surface area contributed by atoms with Crippen molar-refractivity contribution in [3.05, 3.63) is 0 Å². The molecular formula is C8H20Si. The van der Waals surface area contributed by atoms with Crippen LogP contribution in [0.2, 0.25) is 12.1 Å². The van der Waals surface area contributed by atoms with E-state index in [1.54, 1.807) is 0 Å². The van der Waals surface area contributed by atoms with E-state index in [0.29, 0.717) is 0 Å². The van der Waals surface area contributed by atoms with Crippen molar-refractivity contribution in [2.24, 2.45) is 5.92 Å². The molecule has 9 heavy (non-hydrogen) atoms. The molecule has 0 radical (unpaired) electrons. The van der Waals surface area contributed by atoms with E-state index in [4.69, 9.17) is 0 Å². The molecule has 1 heteroatoms. The van der Waals surface area contributed by atoms with E-state index in [9.17, 15) is 0 Å². The molecule has 0 aliphatic rings. The highest BCUT2D eigenvalue weighted by molar-refractivity contribution is 6.35. The number of hydrogen-bond donors (Lipinski definition) is 0. The minimum Gasteiger partial charge on any atom is -0.0746 e. The van der Waals surface area contributed by atoms with Crippen LogP contribution in [0.25, 0.3) is 0 Å². The monoisotopic (exact) mass is 144 g/mol. The van der Waals surface area contributed by atoms with Crippen molar-refractivity contribution in [2.75, 3.05) is 0 Å². The minimum absolute atomic E-state index is 0.285. The topological polar surface area (TPSA) is 0 Å². The fourth-order valence-corrected chi connectivity index (χ4v) is 2.87. The summed E-state index contributed by atoms with van der Waals surface area (Å²) in [6.07, 6.45) is 2.89. The molecular weight excluding hydrogens is 124 g/mol. The Bertz CT molecular complexity index is 55.6. The normalized spacial score (nSPS) is 15.7. The Morgan fingerprint density at radius 1 is 1.33 bits per heavy atom. The SMILES string of the molecule is CCC(CC(C)C)[SiH2]C. The molecule has 0 nitrogen and oxygen atoms in total. The van der Waals surface area contributed by atoms with Crippen LogP contribution in [0.3, 0.4) is 0 Å². The highest BCUT2D eigenvalue weighted by Gasteiger charge is 2.04. The Balaban J connectivity index is 3.31. The van der Waals surface area contributed by atoms with Crippen LogP contribution in [0.1, 0.15) is 33.6 Å². The summed E-state index contributed by atoms with van der Waals surface area (Å²) in [5.41, 5.74) is 1.12. The van der Waals surface area contributed by atoms with E-state index in [1.807, 2.05) is 0 Å². The summed E-state index contributed by atoms with van der Waals surface area (Å²) >= 11 is 0. The van der Waals surface area contributed by atoms with Gasteiger partial charge < -0.3 is 0 Å². The smallest absolute Gasteiger partial charge is 0.0201 e. The van der Waals surface area contributed by atoms with Gasteiger partial charge in [-0.2, -0.15) is 0 Å². The van der Waals surface area contributed by atoms with Gasteiger partial charge in [-0.1, -0.05) is 45.7 Å². The van der Waals surface area contributed by atoms with Crippen LogP contribution >= 0.6 is 0 Å². The Labute approximate surface area is 61.9 Å². The Kier molecular flexibility index (Phi) is 5.16. The van der Waals surface area contributed by atoms with Gasteiger partial charge in [0.2, 0.25) is 0 Å². The van der Waals surface area contributed by atoms with Gasteiger partial charge in [0.15, 0.2) is 0 Å². The lowest BCUT2D eigenvalue weighted by Crippen LogP contribution is -2.02. The zero-order valence-corrected chi connectivity index (χ0v) is 8.69. The Morgan fingerprint density at radius 2 is 1.89 bits per heavy atom. The molecule has 0 amide bonds. The summed E-state index contributed by atoms with van der Waals surface area (Å²) in [6, 6.07) is 0. The van der Waals surface area contributed by atoms with Crippen LogP contribution in [-0.4, -0.2) is 9.52 Å². The first kappa shape index (κ1) is 9.22. The van der Waals surface area contributed by atoms with Gasteiger partial charge in [0.1, 0.15) is 0 Å². The molecule has 0 fully saturated rings. The van der Waals surface area contributed by atoms with Crippen molar-refractivity contribution >= 4 is 9.52 Å². The van der Waals surface area contributed by atoms with Crippen molar-refractivity contribution in [3.63, 3.8) is 0 Å². The average Bonchev–Trinajstić information content (AvgIpc) is 1.82. The van der Waals surface area contributed by atoms with E-state index < -0.39 is 0 Å². The first-order valence-corrected chi connectivity index (χ1v) is 6.43. The summed E-state index contributed by atoms with van der Waals surface area (Å²) in [5.74, 6) is 0.919. The molecule has 1 unspecified atom stereocenters. The quantitative estimate of drug-likeness (QED) is 0.532. The molecule has 0 heterocycles. The number of rotatable bonds is 4. The molecule has 0 aromatic heterocycles. The predicted molar refractivity (Wildman–Crippen MR) is 47.9 cm³/mol. The molecule has 0 aromatic carbocycles. The fourth-order valence-electron chi connectivity index (χ4n) is 1.29. The molecule has 0 saturated carbocycles. The lowest BCUT2D eigenvalue weighted by Gasteiger charge is -2.13. The third kappa shape index (κ3) is 4.70. The van der Waals surface area contributed by atoms with E-state index in [0.717, 1.165) is 11.5 Å². The molecule has 1 atom stereocenters. The third-order valence-corrected chi connectivity index (χ3v) is 4.02. The molecule has 0 aromatic rings. The second-order valence-electron chi connectivity index (χ2n) is 3.31. The van der Waals surface area contributed by atoms with Crippen molar-refractivity contribution in [1.29, 1.82) is 0 Å². The van der Waals surface area contributed by atoms with Crippen LogP contribution in [0.4, 0.5) is 0 Å². The third-order valence-electron chi connectivity index (χ3n) is 1.96. The summed E-state index contributed by atoms with van der Waals surface area (Å²) in [6.45, 7) is 9.40. The van der Waals surface area contributed by atoms with Crippen LogP contribution < -0.4 is 0 Å². The van der Waals surface area contributed by atoms with Crippen molar-refractivity contribution in [3.8, 4) is 0 Å². The van der Waals surface area contributed by atoms with Gasteiger partial charge >= 0.3 is 0 Å². The lowest BCUT2D eigenvalue weighted by molar-refractivity contribution is 0.546. The maximum Gasteiger partial charge on any atom is 0.0201 e. The second kappa shape index (κ2) is 5.04. The predicted octanol–water partition coefficient (Wildman–Crippen LogP) is 2.45. The summed E-state index contributed by atoms with van der Waals surface area (Å²) in [5, 5.41) is 0. The van der Waals surface area contributed by atoms with E-state index in [2.05, 4.69) is 27.3 Å². The van der Waals surface area contributed by atoms with Gasteiger partial charge in [-0.05, 0) is 5.92 Å². The largest absolute Gasteiger partial charge is 0.0746 e. The van der Waals surface area contributed by atoms with Crippen LogP contribution in [-0.2, 0) is 0 Å². The summed E-state index contributed by atoms with van der Waals surface area (Å²) in [7, 11) is 0.285. The van der Waals surface area contributed by atoms with E-state index >= 15 is 0 Å². The van der Waals surface area contributed by atoms with Gasteiger partial charge in [0, 0.05) is 9.52 Å². The summed E-state index contributed by atoms with van der Waals surface area (Å²) in [4.78, 5) is 0. The van der Waals surface area contributed by atoms with Crippen LogP contribution in [0.5, 0.6) is 0 Å². The van der Waals surface area contributed by atoms with Crippen molar-refractivity contribution in [1.82, 2.24) is 0 Å². The summed E-state index contributed by atoms with van der Waals surface area (Å²) < 4.78 is 0. The Hall–Kier alpha value is 0.217. The molecule has 0 N–H and O–H groups in total. The van der Waals surface area contributed by atoms with E-state index in [-0.39, 0.29) is 9.52 Å². The standard InChI is InChI=1S/C8H20Si/c1-5-8(9-4)6-7(2)3/h7-8H,5-6,9H2,1-4H3. The minimum atomic E-state index is 0.285. The molecule has 0 saturated heterocycles. The molecule has 0 rings (SSSR count). The van der Waals surface area contributed by atoms with Gasteiger partial charge in [-0.25, -0.2) is 0 Å². The van der Waals surface area contributed by atoms with Gasteiger partial charge in [0.25, 0.3) is 0 Å². The maximum absolute atomic E-state index is 2.43. The first-order valence-electron chi connectivity index (χ1n) is 4.20. The average molecular weight is 144 g/mol. The highest BCUT2D eigenvalue weighted by atomic mass is 28.2. The zero-order chi connectivity index (χ0) is 7.28. The number of hydrogen-bond acceptors (Lipinski definition) is 0. The highest BCUT2D eigenvalue weighted by Crippen LogP contribution is 2.19. The molecule has 0 aliphatic carbocycles. The van der Waals surface area contributed by atoms with Crippen LogP contribution in [0.15, 0.2) is 0 Å². The Morgan fingerprint density at radius 3 is 2.00 bits per heavy atom. The fraction of sp³-hybridized carbons (Fsp3) is 1.00. The lowest BCUT2D eigenvalue weighted by atomic mass is 10.1. The van der Waals surface area contributed by atoms with Gasteiger partial charge in [-0.3, -0.25) is 0 Å². The maximum atomic E-state index is 2.43. The molecule has 0 spiro atoms. The molecule has 0 aliphatic heterocycles. The van der Waals surface area contributed by atoms with Crippen LogP contribution in [0, 0.1) is 5.92 Å². The van der Waals surface area contributed by atoms with E-state index in [1.165, 1.54) is 12.8 Å². The van der Waals surface area contributed by atoms with Gasteiger partial charge in [0.05, 0.1) is 0 Å². The first-order chi connectivity index (χ1) is 4.20. The zero-order valence-electron chi connectivity index (χ0n) is 7.28. The van der Waals surface area contributed by atoms with Crippen molar-refractivity contribution < 1.29 is 0 Å².